The van der Waals surface area contributed by atoms with Crippen LogP contribution in [0.1, 0.15) is 12.8 Å². The van der Waals surface area contributed by atoms with Gasteiger partial charge in [0.15, 0.2) is 0 Å². The molecule has 1 aliphatic rings. The fourth-order valence-corrected chi connectivity index (χ4v) is 1.21. The normalized spacial score (nSPS) is 27.6. The van der Waals surface area contributed by atoms with Crippen LogP contribution in [0.3, 0.4) is 0 Å². The second-order valence-corrected chi connectivity index (χ2v) is 3.08. The van der Waals surface area contributed by atoms with Crippen molar-refractivity contribution in [2.75, 3.05) is 13.2 Å². The minimum atomic E-state index is -1.34. The maximum atomic E-state index is 11.1. The van der Waals surface area contributed by atoms with Crippen LogP contribution in [0.25, 0.3) is 0 Å². The van der Waals surface area contributed by atoms with Crippen LogP contribution in [0.15, 0.2) is 12.7 Å². The number of aliphatic hydroxyl groups is 2. The molecule has 2 N–H and O–H groups in total. The first-order chi connectivity index (χ1) is 6.64. The molecule has 0 bridgehead atoms. The smallest absolute Gasteiger partial charge is 0.312 e. The van der Waals surface area contributed by atoms with Gasteiger partial charge in [-0.25, -0.2) is 0 Å². The molecule has 1 fully saturated rings. The van der Waals surface area contributed by atoms with Crippen LogP contribution in [0.5, 0.6) is 0 Å². The van der Waals surface area contributed by atoms with Crippen molar-refractivity contribution in [3.8, 4) is 0 Å². The molecule has 0 aromatic heterocycles. The van der Waals surface area contributed by atoms with Crippen molar-refractivity contribution in [2.24, 2.45) is 0 Å². The predicted octanol–water partition coefficient (Wildman–Crippen LogP) is -0.425. The third-order valence-corrected chi connectivity index (χ3v) is 2.08. The lowest BCUT2D eigenvalue weighted by Crippen LogP contribution is -2.57. The van der Waals surface area contributed by atoms with Gasteiger partial charge in [0, 0.05) is 6.42 Å². The first kappa shape index (κ1) is 11.2. The average molecular weight is 202 g/mol. The van der Waals surface area contributed by atoms with Crippen molar-refractivity contribution in [2.45, 2.75) is 24.7 Å². The number of carbonyl (C=O) groups is 1. The van der Waals surface area contributed by atoms with E-state index < -0.39 is 24.5 Å². The molecule has 1 heterocycles. The Balaban J connectivity index is 2.53. The minimum Gasteiger partial charge on any atom is -0.430 e. The fourth-order valence-electron chi connectivity index (χ4n) is 1.21. The molecule has 0 spiro atoms. The first-order valence-corrected chi connectivity index (χ1v) is 4.40. The second kappa shape index (κ2) is 4.54. The van der Waals surface area contributed by atoms with E-state index in [0.717, 1.165) is 0 Å². The van der Waals surface area contributed by atoms with Crippen LogP contribution in [-0.4, -0.2) is 41.3 Å². The van der Waals surface area contributed by atoms with E-state index in [-0.39, 0.29) is 6.42 Å². The van der Waals surface area contributed by atoms with Crippen LogP contribution < -0.4 is 0 Å². The summed E-state index contributed by atoms with van der Waals surface area (Å²) >= 11 is 0. The number of ether oxygens (including phenoxy) is 2. The van der Waals surface area contributed by atoms with Gasteiger partial charge in [-0.3, -0.25) is 4.79 Å². The van der Waals surface area contributed by atoms with Crippen molar-refractivity contribution in [1.29, 1.82) is 0 Å². The monoisotopic (exact) mass is 202 g/mol. The highest BCUT2D eigenvalue weighted by Gasteiger charge is 2.48. The zero-order chi connectivity index (χ0) is 10.6. The van der Waals surface area contributed by atoms with Crippen molar-refractivity contribution < 1.29 is 24.5 Å². The molecule has 80 valence electrons. The Morgan fingerprint density at radius 3 is 2.79 bits per heavy atom. The fraction of sp³-hybridized carbons (Fsp3) is 0.667. The molecule has 5 nitrogen and oxygen atoms in total. The third kappa shape index (κ3) is 2.12. The first-order valence-electron chi connectivity index (χ1n) is 4.40. The van der Waals surface area contributed by atoms with Crippen LogP contribution in [0.4, 0.5) is 0 Å². The number of aliphatic hydroxyl groups excluding tert-OH is 2. The van der Waals surface area contributed by atoms with Crippen molar-refractivity contribution in [1.82, 2.24) is 0 Å². The van der Waals surface area contributed by atoms with Gasteiger partial charge >= 0.3 is 5.97 Å². The zero-order valence-corrected chi connectivity index (χ0v) is 7.81. The summed E-state index contributed by atoms with van der Waals surface area (Å²) in [6.45, 7) is 3.30. The van der Waals surface area contributed by atoms with Gasteiger partial charge < -0.3 is 19.7 Å². The minimum absolute atomic E-state index is 0.0588. The summed E-state index contributed by atoms with van der Waals surface area (Å²) in [5, 5.41) is 18.1. The molecule has 2 unspecified atom stereocenters. The van der Waals surface area contributed by atoms with Crippen molar-refractivity contribution in [3.05, 3.63) is 12.7 Å². The van der Waals surface area contributed by atoms with E-state index in [1.165, 1.54) is 6.08 Å². The van der Waals surface area contributed by atoms with Crippen LogP contribution in [-0.2, 0) is 14.3 Å². The van der Waals surface area contributed by atoms with E-state index in [1.54, 1.807) is 0 Å². The molecule has 0 amide bonds. The van der Waals surface area contributed by atoms with E-state index in [1.807, 2.05) is 0 Å². The predicted molar refractivity (Wildman–Crippen MR) is 47.3 cm³/mol. The van der Waals surface area contributed by atoms with Gasteiger partial charge in [0.25, 0.3) is 0 Å². The highest BCUT2D eigenvalue weighted by atomic mass is 16.7. The quantitative estimate of drug-likeness (QED) is 0.467. The Labute approximate surface area is 81.9 Å². The molecule has 14 heavy (non-hydrogen) atoms. The van der Waals surface area contributed by atoms with Gasteiger partial charge in [-0.05, 0) is 0 Å². The Kier molecular flexibility index (Phi) is 3.62. The third-order valence-electron chi connectivity index (χ3n) is 2.08. The highest BCUT2D eigenvalue weighted by molar-refractivity contribution is 5.71. The summed E-state index contributed by atoms with van der Waals surface area (Å²) in [5.41, 5.74) is 0. The standard InChI is InChI=1S/C9H14O5/c1-2-3-8(12)14-9(4-5-13-9)7(11)6-10/h2,7,10-11H,1,3-6H2. The van der Waals surface area contributed by atoms with E-state index >= 15 is 0 Å². The average Bonchev–Trinajstić information content (AvgIpc) is 2.10. The molecule has 1 rings (SSSR count). The highest BCUT2D eigenvalue weighted by Crippen LogP contribution is 2.31. The summed E-state index contributed by atoms with van der Waals surface area (Å²) in [6, 6.07) is 0. The molecule has 1 saturated heterocycles. The Morgan fingerprint density at radius 1 is 1.79 bits per heavy atom. The summed E-state index contributed by atoms with van der Waals surface area (Å²) in [5.74, 6) is -1.86. The van der Waals surface area contributed by atoms with Crippen molar-refractivity contribution >= 4 is 5.97 Å². The van der Waals surface area contributed by atoms with Crippen LogP contribution in [0.2, 0.25) is 0 Å². The number of hydrogen-bond donors (Lipinski definition) is 2. The lowest BCUT2D eigenvalue weighted by molar-refractivity contribution is -0.332. The molecule has 1 aliphatic heterocycles. The van der Waals surface area contributed by atoms with Gasteiger partial charge in [0.2, 0.25) is 5.79 Å². The molecule has 5 heteroatoms. The number of carbonyl (C=O) groups excluding carboxylic acids is 1. The maximum Gasteiger partial charge on any atom is 0.312 e. The van der Waals surface area contributed by atoms with E-state index in [0.29, 0.717) is 13.0 Å². The molecule has 0 saturated carbocycles. The molecule has 0 aromatic carbocycles. The van der Waals surface area contributed by atoms with E-state index in [4.69, 9.17) is 14.6 Å². The van der Waals surface area contributed by atoms with E-state index in [9.17, 15) is 9.90 Å². The summed E-state index contributed by atoms with van der Waals surface area (Å²) in [4.78, 5) is 11.1. The molecular formula is C9H14O5. The molecule has 2 atom stereocenters. The Morgan fingerprint density at radius 2 is 2.43 bits per heavy atom. The summed E-state index contributed by atoms with van der Waals surface area (Å²) in [7, 11) is 0. The van der Waals surface area contributed by atoms with E-state index in [2.05, 4.69) is 6.58 Å². The lowest BCUT2D eigenvalue weighted by atomic mass is 10.0. The Hall–Kier alpha value is -0.910. The number of esters is 1. The van der Waals surface area contributed by atoms with Gasteiger partial charge in [0.05, 0.1) is 19.6 Å². The van der Waals surface area contributed by atoms with Gasteiger partial charge in [0.1, 0.15) is 6.10 Å². The van der Waals surface area contributed by atoms with Gasteiger partial charge in [-0.1, -0.05) is 6.08 Å². The topological polar surface area (TPSA) is 76.0 Å². The van der Waals surface area contributed by atoms with Gasteiger partial charge in [-0.2, -0.15) is 0 Å². The summed E-state index contributed by atoms with van der Waals surface area (Å²) in [6.07, 6.45) is 0.672. The second-order valence-electron chi connectivity index (χ2n) is 3.08. The molecule has 0 aromatic rings. The van der Waals surface area contributed by atoms with Gasteiger partial charge in [-0.15, -0.1) is 6.58 Å². The number of hydrogen-bond acceptors (Lipinski definition) is 5. The maximum absolute atomic E-state index is 11.1. The van der Waals surface area contributed by atoms with Crippen LogP contribution in [0, 0.1) is 0 Å². The summed E-state index contributed by atoms with van der Waals surface area (Å²) < 4.78 is 9.93. The Bertz CT molecular complexity index is 221. The SMILES string of the molecule is C=CCC(=O)OC1(C(O)CO)CCO1. The lowest BCUT2D eigenvalue weighted by Gasteiger charge is -2.43. The zero-order valence-electron chi connectivity index (χ0n) is 7.81. The molecular weight excluding hydrogens is 188 g/mol. The molecule has 0 radical (unpaired) electrons. The largest absolute Gasteiger partial charge is 0.430 e. The molecule has 0 aliphatic carbocycles. The number of rotatable bonds is 5. The van der Waals surface area contributed by atoms with Crippen molar-refractivity contribution in [3.63, 3.8) is 0 Å². The van der Waals surface area contributed by atoms with Crippen LogP contribution >= 0.6 is 0 Å².